The van der Waals surface area contributed by atoms with Crippen molar-refractivity contribution in [1.82, 2.24) is 18.3 Å². The highest BCUT2D eigenvalue weighted by Gasteiger charge is 2.19. The van der Waals surface area contributed by atoms with Gasteiger partial charge in [-0.05, 0) is 130 Å². The van der Waals surface area contributed by atoms with Crippen LogP contribution < -0.4 is 16.1 Å². The maximum atomic E-state index is 12.8. The molecule has 0 radical (unpaired) electrons. The molecule has 0 amide bonds. The lowest BCUT2D eigenvalue weighted by Crippen LogP contribution is -2.27. The van der Waals surface area contributed by atoms with Crippen LogP contribution in [-0.2, 0) is 27.2 Å². The third-order valence-corrected chi connectivity index (χ3v) is 10.6. The number of hydrogen-bond acceptors (Lipinski definition) is 6. The number of halogens is 1. The number of nitrogens with zero attached hydrogens (tertiary/aromatic N) is 6. The van der Waals surface area contributed by atoms with Gasteiger partial charge in [-0.15, -0.1) is 0 Å². The van der Waals surface area contributed by atoms with Gasteiger partial charge < -0.3 is 9.84 Å². The summed E-state index contributed by atoms with van der Waals surface area (Å²) in [4.78, 5) is 25.4. The molecule has 2 aromatic heterocycles. The van der Waals surface area contributed by atoms with E-state index in [1.54, 1.807) is 64.7 Å². The minimum atomic E-state index is -0.0000232. The van der Waals surface area contributed by atoms with Crippen molar-refractivity contribution in [1.29, 1.82) is 10.5 Å². The number of phenolic OH excluding ortho intramolecular Hbond substituents is 1. The maximum Gasteiger partial charge on any atom is 0.328 e. The van der Waals surface area contributed by atoms with Gasteiger partial charge in [0, 0.05) is 31.7 Å². The van der Waals surface area contributed by atoms with E-state index in [1.807, 2.05) is 101 Å². The fourth-order valence-electron chi connectivity index (χ4n) is 7.11. The first-order valence-corrected chi connectivity index (χ1v) is 21.3. The third kappa shape index (κ3) is 11.3. The van der Waals surface area contributed by atoms with E-state index in [1.165, 1.54) is 0 Å². The molecule has 2 heterocycles. The Morgan fingerprint density at radius 2 is 0.968 bits per heavy atom. The highest BCUT2D eigenvalue weighted by molar-refractivity contribution is 9.10. The van der Waals surface area contributed by atoms with Gasteiger partial charge in [0.1, 0.15) is 17.2 Å². The molecule has 10 nitrogen and oxygen atoms in total. The topological polar surface area (TPSA) is 131 Å². The van der Waals surface area contributed by atoms with Gasteiger partial charge in [0.05, 0.1) is 45.3 Å². The van der Waals surface area contributed by atoms with E-state index in [0.717, 1.165) is 48.8 Å². The van der Waals surface area contributed by atoms with Crippen molar-refractivity contribution in [3.05, 3.63) is 170 Å². The van der Waals surface area contributed by atoms with Gasteiger partial charge in [-0.2, -0.15) is 10.5 Å². The van der Waals surface area contributed by atoms with Crippen LogP contribution in [0.5, 0.6) is 17.2 Å². The van der Waals surface area contributed by atoms with Crippen molar-refractivity contribution in [2.45, 2.75) is 54.6 Å². The van der Waals surface area contributed by atoms with E-state index in [-0.39, 0.29) is 28.0 Å². The first-order chi connectivity index (χ1) is 29.8. The molecule has 0 unspecified atom stereocenters. The summed E-state index contributed by atoms with van der Waals surface area (Å²) in [7, 11) is 3.62. The summed E-state index contributed by atoms with van der Waals surface area (Å²) >= 11 is 3.27. The Kier molecular flexibility index (Phi) is 13.6. The van der Waals surface area contributed by atoms with Crippen LogP contribution in [0.4, 0.5) is 0 Å². The lowest BCUT2D eigenvalue weighted by Gasteiger charge is -2.18. The molecule has 0 atom stereocenters. The monoisotopic (exact) mass is 902 g/mol. The maximum absolute atomic E-state index is 12.8. The summed E-state index contributed by atoms with van der Waals surface area (Å²) in [5.41, 5.74) is 8.96. The zero-order valence-electron chi connectivity index (χ0n) is 36.8. The fraction of sp³-hybridized carbons (Fsp3) is 0.231. The normalized spacial score (nSPS) is 11.2. The number of benzene rings is 6. The lowest BCUT2D eigenvalue weighted by molar-refractivity contribution is 0.342. The third-order valence-electron chi connectivity index (χ3n) is 10.1. The second-order valence-electron chi connectivity index (χ2n) is 17.8. The molecule has 0 aliphatic carbocycles. The Labute approximate surface area is 376 Å². The first kappa shape index (κ1) is 45.4. The molecule has 0 saturated heterocycles. The summed E-state index contributed by atoms with van der Waals surface area (Å²) in [6.45, 7) is 14.1. The van der Waals surface area contributed by atoms with E-state index >= 15 is 0 Å². The van der Waals surface area contributed by atoms with Crippen LogP contribution in [0.3, 0.4) is 0 Å². The molecule has 63 heavy (non-hydrogen) atoms. The summed E-state index contributed by atoms with van der Waals surface area (Å²) in [6, 6.07) is 45.5. The molecular weight excluding hydrogens is 853 g/mol. The van der Waals surface area contributed by atoms with Gasteiger partial charge in [0.2, 0.25) is 0 Å². The van der Waals surface area contributed by atoms with Crippen LogP contribution in [0.15, 0.2) is 148 Å². The number of rotatable bonds is 6. The standard InChI is InChI=1S/C26H25N3O2.C19H22N2O2.C7H4BrN/c1-26(2,3)17-29-23-13-10-20(15-24(23)28(4)25(29)30)19-6-5-7-22(14-19)31-21-11-8-18(16-27)9-12-21;1-19(2,3)12-21-16-9-8-14(11-17(16)20(4)18(21)23)13-6-5-7-15(22)10-13;8-7-3-1-6(5-9)2-4-7/h5-15H,17H2,1-4H3;5-11,22H,12H2,1-4H3;1-4H. The second-order valence-corrected chi connectivity index (χ2v) is 18.7. The molecule has 8 rings (SSSR count). The number of hydrogen-bond donors (Lipinski definition) is 1. The Balaban J connectivity index is 0.000000180. The Morgan fingerprint density at radius 3 is 1.41 bits per heavy atom. The van der Waals surface area contributed by atoms with E-state index in [4.69, 9.17) is 15.3 Å². The van der Waals surface area contributed by atoms with Crippen molar-refractivity contribution < 1.29 is 9.84 Å². The number of ether oxygens (including phenoxy) is 1. The van der Waals surface area contributed by atoms with Gasteiger partial charge in [-0.3, -0.25) is 18.3 Å². The molecule has 320 valence electrons. The van der Waals surface area contributed by atoms with Gasteiger partial charge in [0.15, 0.2) is 0 Å². The first-order valence-electron chi connectivity index (χ1n) is 20.5. The van der Waals surface area contributed by atoms with Gasteiger partial charge in [0.25, 0.3) is 0 Å². The number of phenols is 1. The summed E-state index contributed by atoms with van der Waals surface area (Å²) < 4.78 is 14.0. The predicted molar refractivity (Wildman–Crippen MR) is 256 cm³/mol. The smallest absolute Gasteiger partial charge is 0.328 e. The minimum Gasteiger partial charge on any atom is -0.508 e. The zero-order valence-corrected chi connectivity index (χ0v) is 38.4. The number of imidazole rings is 2. The van der Waals surface area contributed by atoms with E-state index in [0.29, 0.717) is 35.7 Å². The van der Waals surface area contributed by atoms with Crippen LogP contribution in [0.2, 0.25) is 0 Å². The summed E-state index contributed by atoms with van der Waals surface area (Å²) in [5, 5.41) is 27.0. The number of aromatic hydroxyl groups is 1. The number of aromatic nitrogens is 4. The molecule has 0 aliphatic heterocycles. The second kappa shape index (κ2) is 18.9. The Bertz CT molecular complexity index is 3110. The van der Waals surface area contributed by atoms with E-state index < -0.39 is 0 Å². The Morgan fingerprint density at radius 1 is 0.540 bits per heavy atom. The zero-order chi connectivity index (χ0) is 45.6. The molecule has 11 heteroatoms. The van der Waals surface area contributed by atoms with Crippen molar-refractivity contribution in [2.24, 2.45) is 24.9 Å². The summed E-state index contributed by atoms with van der Waals surface area (Å²) in [5.74, 6) is 1.62. The predicted octanol–water partition coefficient (Wildman–Crippen LogP) is 11.8. The van der Waals surface area contributed by atoms with Crippen molar-refractivity contribution in [3.8, 4) is 51.6 Å². The number of aryl methyl sites for hydroxylation is 2. The molecule has 6 aromatic carbocycles. The van der Waals surface area contributed by atoms with Crippen LogP contribution in [-0.4, -0.2) is 23.4 Å². The highest BCUT2D eigenvalue weighted by Crippen LogP contribution is 2.31. The van der Waals surface area contributed by atoms with Crippen molar-refractivity contribution in [3.63, 3.8) is 0 Å². The largest absolute Gasteiger partial charge is 0.508 e. The molecule has 0 spiro atoms. The van der Waals surface area contributed by atoms with Gasteiger partial charge in [-0.25, -0.2) is 9.59 Å². The number of nitriles is 2. The molecular formula is C52H51BrN6O4. The SMILES string of the molecule is Cn1c(=O)n(CC(C)(C)C)c2ccc(-c3cccc(O)c3)cc21.Cn1c(=O)n(CC(C)(C)C)c2ccc(-c3cccc(Oc4ccc(C#N)cc4)c3)cc21.N#Cc1ccc(Br)cc1. The molecule has 1 N–H and O–H groups in total. The average Bonchev–Trinajstić information content (AvgIpc) is 3.62. The van der Waals surface area contributed by atoms with Gasteiger partial charge in [-0.1, -0.05) is 93.9 Å². The number of fused-ring (bicyclic) bond motifs is 2. The molecule has 0 fully saturated rings. The summed E-state index contributed by atoms with van der Waals surface area (Å²) in [6.07, 6.45) is 0. The minimum absolute atomic E-state index is 0.0000232. The van der Waals surface area contributed by atoms with Crippen molar-refractivity contribution >= 4 is 38.0 Å². The van der Waals surface area contributed by atoms with Crippen LogP contribution >= 0.6 is 15.9 Å². The average molecular weight is 904 g/mol. The van der Waals surface area contributed by atoms with Gasteiger partial charge >= 0.3 is 11.4 Å². The lowest BCUT2D eigenvalue weighted by atomic mass is 9.97. The highest BCUT2D eigenvalue weighted by atomic mass is 79.9. The van der Waals surface area contributed by atoms with E-state index in [2.05, 4.69) is 69.6 Å². The molecule has 8 aromatic rings. The molecule has 0 aliphatic rings. The fourth-order valence-corrected chi connectivity index (χ4v) is 7.38. The Hall–Kier alpha value is -7.08. The quantitative estimate of drug-likeness (QED) is 0.177. The van der Waals surface area contributed by atoms with Crippen LogP contribution in [0, 0.1) is 33.5 Å². The van der Waals surface area contributed by atoms with Crippen LogP contribution in [0.1, 0.15) is 52.7 Å². The van der Waals surface area contributed by atoms with Crippen LogP contribution in [0.25, 0.3) is 44.3 Å². The van der Waals surface area contributed by atoms with Crippen molar-refractivity contribution in [2.75, 3.05) is 0 Å². The molecule has 0 saturated carbocycles. The molecule has 0 bridgehead atoms. The van der Waals surface area contributed by atoms with E-state index in [9.17, 15) is 14.7 Å².